The molecular formula is C14H22ClNO2. The topological polar surface area (TPSA) is 43.7 Å². The molecule has 1 unspecified atom stereocenters. The smallest absolute Gasteiger partial charge is 0.0802 e. The zero-order valence-corrected chi connectivity index (χ0v) is 11.8. The predicted molar refractivity (Wildman–Crippen MR) is 75.0 cm³/mol. The molecule has 0 aliphatic heterocycles. The minimum atomic E-state index is -0.478. The number of nitrogens with zero attached hydrogens (tertiary/aromatic N) is 1. The highest BCUT2D eigenvalue weighted by Gasteiger charge is 2.11. The van der Waals surface area contributed by atoms with Gasteiger partial charge in [-0.3, -0.25) is 0 Å². The van der Waals surface area contributed by atoms with Gasteiger partial charge in [-0.05, 0) is 37.1 Å². The van der Waals surface area contributed by atoms with Gasteiger partial charge in [-0.15, -0.1) is 0 Å². The summed E-state index contributed by atoms with van der Waals surface area (Å²) in [6.45, 7) is 6.46. The molecule has 0 radical (unpaired) electrons. The van der Waals surface area contributed by atoms with E-state index in [9.17, 15) is 5.11 Å². The summed E-state index contributed by atoms with van der Waals surface area (Å²) in [4.78, 5) is 2.12. The lowest BCUT2D eigenvalue weighted by atomic mass is 10.0. The molecule has 0 saturated carbocycles. The number of likely N-dealkylation sites (N-methyl/N-ethyl adjacent to an activating group) is 1. The van der Waals surface area contributed by atoms with Crippen molar-refractivity contribution in [1.29, 1.82) is 0 Å². The van der Waals surface area contributed by atoms with Crippen LogP contribution in [0.3, 0.4) is 0 Å². The third-order valence-electron chi connectivity index (χ3n) is 3.15. The highest BCUT2D eigenvalue weighted by molar-refractivity contribution is 6.31. The van der Waals surface area contributed by atoms with E-state index in [1.54, 1.807) is 0 Å². The molecule has 4 heteroatoms. The fourth-order valence-electron chi connectivity index (χ4n) is 1.92. The van der Waals surface area contributed by atoms with Crippen molar-refractivity contribution in [3.63, 3.8) is 0 Å². The van der Waals surface area contributed by atoms with Crippen LogP contribution in [0.1, 0.15) is 30.6 Å². The van der Waals surface area contributed by atoms with Crippen LogP contribution >= 0.6 is 11.6 Å². The number of hydrogen-bond acceptors (Lipinski definition) is 3. The van der Waals surface area contributed by atoms with Crippen LogP contribution in [-0.4, -0.2) is 41.4 Å². The van der Waals surface area contributed by atoms with Gasteiger partial charge < -0.3 is 15.1 Å². The summed E-state index contributed by atoms with van der Waals surface area (Å²) in [5.74, 6) is 0. The van der Waals surface area contributed by atoms with Crippen LogP contribution in [-0.2, 0) is 0 Å². The van der Waals surface area contributed by atoms with Crippen LogP contribution in [0.4, 0.5) is 0 Å². The number of halogens is 1. The second-order valence-corrected chi connectivity index (χ2v) is 4.88. The molecule has 0 heterocycles. The first-order chi connectivity index (χ1) is 8.58. The van der Waals surface area contributed by atoms with Crippen molar-refractivity contribution in [3.05, 3.63) is 34.3 Å². The molecule has 0 fully saturated rings. The summed E-state index contributed by atoms with van der Waals surface area (Å²) < 4.78 is 0. The van der Waals surface area contributed by atoms with Crippen molar-refractivity contribution in [2.24, 2.45) is 0 Å². The lowest BCUT2D eigenvalue weighted by Crippen LogP contribution is -2.28. The Bertz CT molecular complexity index is 371. The molecule has 0 saturated heterocycles. The monoisotopic (exact) mass is 271 g/mol. The average molecular weight is 272 g/mol. The van der Waals surface area contributed by atoms with Crippen molar-refractivity contribution in [1.82, 2.24) is 4.90 Å². The highest BCUT2D eigenvalue weighted by atomic mass is 35.5. The lowest BCUT2D eigenvalue weighted by Gasteiger charge is -2.21. The molecule has 18 heavy (non-hydrogen) atoms. The molecule has 0 amide bonds. The first-order valence-corrected chi connectivity index (χ1v) is 6.73. The number of hydrogen-bond donors (Lipinski definition) is 2. The van der Waals surface area contributed by atoms with Crippen molar-refractivity contribution < 1.29 is 10.2 Å². The second-order valence-electron chi connectivity index (χ2n) is 4.47. The van der Waals surface area contributed by atoms with Crippen molar-refractivity contribution >= 4 is 11.6 Å². The molecule has 3 nitrogen and oxygen atoms in total. The number of aliphatic hydroxyl groups excluding tert-OH is 2. The summed E-state index contributed by atoms with van der Waals surface area (Å²) in [5.41, 5.74) is 1.88. The van der Waals surface area contributed by atoms with Crippen LogP contribution in [0.15, 0.2) is 18.2 Å². The molecular weight excluding hydrogens is 250 g/mol. The summed E-state index contributed by atoms with van der Waals surface area (Å²) in [7, 11) is 0. The van der Waals surface area contributed by atoms with Gasteiger partial charge in [-0.25, -0.2) is 0 Å². The largest absolute Gasteiger partial charge is 0.395 e. The fourth-order valence-corrected chi connectivity index (χ4v) is 2.03. The SMILES string of the molecule is CCN(CCO)CCC(O)c1ccc(Cl)c(C)c1. The Morgan fingerprint density at radius 1 is 1.33 bits per heavy atom. The normalized spacial score (nSPS) is 13.0. The van der Waals surface area contributed by atoms with Crippen molar-refractivity contribution in [2.75, 3.05) is 26.2 Å². The van der Waals surface area contributed by atoms with E-state index in [0.29, 0.717) is 13.0 Å². The van der Waals surface area contributed by atoms with E-state index >= 15 is 0 Å². The van der Waals surface area contributed by atoms with Crippen LogP contribution in [0.5, 0.6) is 0 Å². The quantitative estimate of drug-likeness (QED) is 0.800. The van der Waals surface area contributed by atoms with E-state index in [4.69, 9.17) is 16.7 Å². The Labute approximate surface area is 114 Å². The molecule has 1 aromatic rings. The fraction of sp³-hybridized carbons (Fsp3) is 0.571. The number of benzene rings is 1. The van der Waals surface area contributed by atoms with Gasteiger partial charge in [0.1, 0.15) is 0 Å². The second kappa shape index (κ2) is 7.74. The predicted octanol–water partition coefficient (Wildman–Crippen LogP) is 2.39. The van der Waals surface area contributed by atoms with Crippen molar-refractivity contribution in [3.8, 4) is 0 Å². The Morgan fingerprint density at radius 2 is 2.06 bits per heavy atom. The molecule has 1 rings (SSSR count). The Hall–Kier alpha value is -0.610. The molecule has 2 N–H and O–H groups in total. The summed E-state index contributed by atoms with van der Waals surface area (Å²) in [6, 6.07) is 5.61. The molecule has 0 spiro atoms. The molecule has 1 aromatic carbocycles. The van der Waals surface area contributed by atoms with Gasteiger partial charge in [-0.1, -0.05) is 30.7 Å². The third kappa shape index (κ3) is 4.58. The maximum Gasteiger partial charge on any atom is 0.0802 e. The van der Waals surface area contributed by atoms with Gasteiger partial charge in [0.05, 0.1) is 12.7 Å². The Kier molecular flexibility index (Phi) is 6.65. The Morgan fingerprint density at radius 3 is 2.61 bits per heavy atom. The highest BCUT2D eigenvalue weighted by Crippen LogP contribution is 2.22. The van der Waals surface area contributed by atoms with Gasteiger partial charge in [-0.2, -0.15) is 0 Å². The maximum absolute atomic E-state index is 10.1. The van der Waals surface area contributed by atoms with E-state index in [2.05, 4.69) is 11.8 Å². The molecule has 102 valence electrons. The molecule has 0 aliphatic carbocycles. The first kappa shape index (κ1) is 15.4. The molecule has 0 aromatic heterocycles. The van der Waals surface area contributed by atoms with E-state index in [-0.39, 0.29) is 6.61 Å². The minimum absolute atomic E-state index is 0.157. The molecule has 0 bridgehead atoms. The molecule has 1 atom stereocenters. The van der Waals surface area contributed by atoms with Gasteiger partial charge >= 0.3 is 0 Å². The van der Waals surface area contributed by atoms with E-state index in [0.717, 1.165) is 29.2 Å². The van der Waals surface area contributed by atoms with Gasteiger partial charge in [0.25, 0.3) is 0 Å². The zero-order chi connectivity index (χ0) is 13.5. The number of aryl methyl sites for hydroxylation is 1. The maximum atomic E-state index is 10.1. The van der Waals surface area contributed by atoms with Crippen LogP contribution in [0.25, 0.3) is 0 Å². The summed E-state index contributed by atoms with van der Waals surface area (Å²) in [6.07, 6.45) is 0.184. The Balaban J connectivity index is 2.53. The lowest BCUT2D eigenvalue weighted by molar-refractivity contribution is 0.133. The molecule has 0 aliphatic rings. The van der Waals surface area contributed by atoms with E-state index < -0.39 is 6.10 Å². The van der Waals surface area contributed by atoms with Crippen LogP contribution < -0.4 is 0 Å². The average Bonchev–Trinajstić information content (AvgIpc) is 2.37. The first-order valence-electron chi connectivity index (χ1n) is 6.35. The number of aliphatic hydroxyl groups is 2. The van der Waals surface area contributed by atoms with E-state index in [1.807, 2.05) is 25.1 Å². The minimum Gasteiger partial charge on any atom is -0.395 e. The standard InChI is InChI=1S/C14H22ClNO2/c1-3-16(8-9-17)7-6-14(18)12-4-5-13(15)11(2)10-12/h4-5,10,14,17-18H,3,6-9H2,1-2H3. The van der Waals surface area contributed by atoms with Crippen LogP contribution in [0.2, 0.25) is 5.02 Å². The number of rotatable bonds is 7. The summed E-state index contributed by atoms with van der Waals surface area (Å²) >= 11 is 5.96. The van der Waals surface area contributed by atoms with Crippen LogP contribution in [0, 0.1) is 6.92 Å². The third-order valence-corrected chi connectivity index (χ3v) is 3.57. The van der Waals surface area contributed by atoms with E-state index in [1.165, 1.54) is 0 Å². The van der Waals surface area contributed by atoms with Gasteiger partial charge in [0.2, 0.25) is 0 Å². The van der Waals surface area contributed by atoms with Gasteiger partial charge in [0.15, 0.2) is 0 Å². The van der Waals surface area contributed by atoms with Gasteiger partial charge in [0, 0.05) is 18.1 Å². The zero-order valence-electron chi connectivity index (χ0n) is 11.1. The van der Waals surface area contributed by atoms with Crippen molar-refractivity contribution in [2.45, 2.75) is 26.4 Å². The summed E-state index contributed by atoms with van der Waals surface area (Å²) in [5, 5.41) is 19.7.